The molecule has 9 heteroatoms. The number of hydrogen-bond donors (Lipinski definition) is 1. The molecule has 2 aromatic rings. The molecule has 0 spiro atoms. The molecule has 1 N–H and O–H groups in total. The van der Waals surface area contributed by atoms with Gasteiger partial charge in [-0.25, -0.2) is 0 Å². The van der Waals surface area contributed by atoms with Gasteiger partial charge in [-0.2, -0.15) is 8.42 Å². The number of aryl methyl sites for hydroxylation is 1. The summed E-state index contributed by atoms with van der Waals surface area (Å²) in [7, 11) is 0.218. The van der Waals surface area contributed by atoms with Crippen molar-refractivity contribution >= 4 is 72.6 Å². The molecule has 2 rings (SSSR count). The Balaban J connectivity index is 0.00000480. The first-order valence-corrected chi connectivity index (χ1v) is 14.7. The van der Waals surface area contributed by atoms with E-state index in [-0.39, 0.29) is 40.2 Å². The molecule has 31 heavy (non-hydrogen) atoms. The molecule has 0 bridgehead atoms. The maximum absolute atomic E-state index is 11.7. The van der Waals surface area contributed by atoms with E-state index >= 15 is 0 Å². The minimum absolute atomic E-state index is 0. The normalized spacial score (nSPS) is 11.3. The first-order chi connectivity index (χ1) is 14.4. The predicted molar refractivity (Wildman–Crippen MR) is 138 cm³/mol. The number of hydrogen-bond acceptors (Lipinski definition) is 6. The number of benzene rings is 1. The fourth-order valence-electron chi connectivity index (χ4n) is 3.54. The number of ether oxygens (including phenoxy) is 1. The second-order valence-corrected chi connectivity index (χ2v) is 11.8. The van der Waals surface area contributed by atoms with Crippen LogP contribution in [0.4, 0.5) is 0 Å². The minimum atomic E-state index is -4.37. The van der Waals surface area contributed by atoms with Crippen molar-refractivity contribution in [1.82, 2.24) is 0 Å². The molecule has 0 radical (unpaired) electrons. The Labute approximate surface area is 221 Å². The van der Waals surface area contributed by atoms with Crippen molar-refractivity contribution in [2.75, 3.05) is 7.11 Å². The van der Waals surface area contributed by atoms with Crippen molar-refractivity contribution in [3.63, 3.8) is 0 Å². The topological polar surface area (TPSA) is 63.6 Å². The predicted octanol–water partition coefficient (Wildman–Crippen LogP) is 7.28. The first kappa shape index (κ1) is 29.2. The zero-order valence-electron chi connectivity index (χ0n) is 17.8. The van der Waals surface area contributed by atoms with E-state index in [0.29, 0.717) is 5.56 Å². The van der Waals surface area contributed by atoms with Gasteiger partial charge in [0, 0.05) is 10.4 Å². The maximum atomic E-state index is 11.7. The van der Waals surface area contributed by atoms with E-state index < -0.39 is 10.1 Å². The standard InChI is InChI=1S/C22H32O4S4.Na.H/c1-3-4-5-6-7-8-9-10-11-12-13-19-21(22(27)29-28-19)17-14-15-18(26-2)20(16-17)30(23,24)25;;/h14-16H,3-13H2,1-2H3,(H,23,24,25);;. The van der Waals surface area contributed by atoms with Gasteiger partial charge in [0.1, 0.15) is 14.5 Å². The van der Waals surface area contributed by atoms with Crippen LogP contribution in [0.15, 0.2) is 23.1 Å². The summed E-state index contributed by atoms with van der Waals surface area (Å²) in [6.07, 6.45) is 13.9. The van der Waals surface area contributed by atoms with E-state index in [0.717, 1.165) is 22.2 Å². The molecule has 0 aliphatic rings. The zero-order chi connectivity index (χ0) is 22.0. The molecule has 0 saturated heterocycles. The molecule has 0 amide bonds. The molecule has 1 aromatic heterocycles. The summed E-state index contributed by atoms with van der Waals surface area (Å²) in [5.74, 6) is 0.127. The van der Waals surface area contributed by atoms with Crippen LogP contribution in [0.25, 0.3) is 11.1 Å². The van der Waals surface area contributed by atoms with E-state index in [4.69, 9.17) is 17.0 Å². The van der Waals surface area contributed by atoms with Crippen LogP contribution >= 0.6 is 32.9 Å². The van der Waals surface area contributed by atoms with Crippen molar-refractivity contribution in [2.45, 2.75) is 82.4 Å². The van der Waals surface area contributed by atoms with E-state index in [9.17, 15) is 13.0 Å². The summed E-state index contributed by atoms with van der Waals surface area (Å²) >= 11 is 5.52. The van der Waals surface area contributed by atoms with Gasteiger partial charge >= 0.3 is 29.6 Å². The molecule has 0 fully saturated rings. The number of methoxy groups -OCH3 is 1. The van der Waals surface area contributed by atoms with Gasteiger partial charge < -0.3 is 4.74 Å². The van der Waals surface area contributed by atoms with Crippen molar-refractivity contribution in [3.8, 4) is 16.9 Å². The van der Waals surface area contributed by atoms with Gasteiger partial charge in [-0.15, -0.1) is 0 Å². The van der Waals surface area contributed by atoms with Crippen LogP contribution in [0, 0.1) is 3.82 Å². The molecule has 1 heterocycles. The molecule has 0 aliphatic heterocycles. The summed E-state index contributed by atoms with van der Waals surface area (Å²) in [5, 5.41) is 0. The molecular formula is C22H33NaO4S4. The molecule has 0 aliphatic carbocycles. The Morgan fingerprint density at radius 1 is 0.968 bits per heavy atom. The van der Waals surface area contributed by atoms with Gasteiger partial charge in [0.2, 0.25) is 0 Å². The summed E-state index contributed by atoms with van der Waals surface area (Å²) in [4.78, 5) is 0.967. The molecule has 4 nitrogen and oxygen atoms in total. The third kappa shape index (κ3) is 9.53. The Bertz CT molecular complexity index is 951. The van der Waals surface area contributed by atoms with Crippen LogP contribution in [-0.2, 0) is 16.5 Å². The first-order valence-electron chi connectivity index (χ1n) is 10.7. The van der Waals surface area contributed by atoms with Gasteiger partial charge in [-0.1, -0.05) is 104 Å². The fraction of sp³-hybridized carbons (Fsp3) is 0.591. The quantitative estimate of drug-likeness (QED) is 0.0947. The van der Waals surface area contributed by atoms with E-state index in [1.54, 1.807) is 32.8 Å². The van der Waals surface area contributed by atoms with Gasteiger partial charge in [0.15, 0.2) is 0 Å². The van der Waals surface area contributed by atoms with E-state index in [1.807, 2.05) is 0 Å². The molecule has 1 aromatic carbocycles. The van der Waals surface area contributed by atoms with Crippen LogP contribution in [-0.4, -0.2) is 49.6 Å². The van der Waals surface area contributed by atoms with Crippen molar-refractivity contribution < 1.29 is 17.7 Å². The van der Waals surface area contributed by atoms with Gasteiger partial charge in [0.05, 0.1) is 7.11 Å². The average Bonchev–Trinajstić information content (AvgIpc) is 3.08. The third-order valence-corrected chi connectivity index (χ3v) is 9.24. The SMILES string of the molecule is CCCCCCCCCCCCc1ssc(=S)c1-c1ccc(OC)c(S(=O)(=O)O)c1.[NaH]. The van der Waals surface area contributed by atoms with Crippen molar-refractivity contribution in [1.29, 1.82) is 0 Å². The van der Waals surface area contributed by atoms with Crippen LogP contribution in [0.2, 0.25) is 0 Å². The van der Waals surface area contributed by atoms with E-state index in [1.165, 1.54) is 75.8 Å². The third-order valence-electron chi connectivity index (χ3n) is 5.19. The Kier molecular flexibility index (Phi) is 14.3. The van der Waals surface area contributed by atoms with Crippen LogP contribution in [0.3, 0.4) is 0 Å². The Morgan fingerprint density at radius 3 is 2.10 bits per heavy atom. The average molecular weight is 513 g/mol. The van der Waals surface area contributed by atoms with Gasteiger partial charge in [-0.3, -0.25) is 4.55 Å². The molecule has 0 unspecified atom stereocenters. The number of rotatable bonds is 14. The Morgan fingerprint density at radius 2 is 1.55 bits per heavy atom. The summed E-state index contributed by atoms with van der Waals surface area (Å²) in [6, 6.07) is 4.83. The molecule has 170 valence electrons. The van der Waals surface area contributed by atoms with Crippen LogP contribution < -0.4 is 4.74 Å². The Hall–Kier alpha value is 0.200. The van der Waals surface area contributed by atoms with Crippen LogP contribution in [0.5, 0.6) is 5.75 Å². The molecular weight excluding hydrogens is 479 g/mol. The molecule has 0 saturated carbocycles. The van der Waals surface area contributed by atoms with Gasteiger partial charge in [-0.05, 0) is 30.5 Å². The van der Waals surface area contributed by atoms with Crippen molar-refractivity contribution in [3.05, 3.63) is 26.9 Å². The number of unbranched alkanes of at least 4 members (excludes halogenated alkanes) is 9. The van der Waals surface area contributed by atoms with Gasteiger partial charge in [0.25, 0.3) is 10.1 Å². The van der Waals surface area contributed by atoms with Crippen LogP contribution in [0.1, 0.15) is 76.0 Å². The second-order valence-electron chi connectivity index (χ2n) is 7.52. The monoisotopic (exact) mass is 512 g/mol. The summed E-state index contributed by atoms with van der Waals surface area (Å²) in [6.45, 7) is 2.25. The van der Waals surface area contributed by atoms with Crippen molar-refractivity contribution in [2.24, 2.45) is 0 Å². The summed E-state index contributed by atoms with van der Waals surface area (Å²) in [5.41, 5.74) is 1.64. The van der Waals surface area contributed by atoms with E-state index in [2.05, 4.69) is 6.92 Å². The fourth-order valence-corrected chi connectivity index (χ4v) is 7.21. The molecule has 0 atom stereocenters. The summed E-state index contributed by atoms with van der Waals surface area (Å²) < 4.78 is 38.8. The second kappa shape index (κ2) is 15.2. The zero-order valence-corrected chi connectivity index (χ0v) is 21.1.